The Hall–Kier alpha value is -2.43. The van der Waals surface area contributed by atoms with Crippen LogP contribution in [-0.4, -0.2) is 18.1 Å². The van der Waals surface area contributed by atoms with Gasteiger partial charge in [-0.15, -0.1) is 0 Å². The Bertz CT molecular complexity index is 557. The minimum Gasteiger partial charge on any atom is -0.493 e. The molecule has 1 heterocycles. The van der Waals surface area contributed by atoms with E-state index in [9.17, 15) is 9.18 Å². The highest BCUT2D eigenvalue weighted by molar-refractivity contribution is 5.90. The lowest BCUT2D eigenvalue weighted by Crippen LogP contribution is -2.10. The molecule has 0 N–H and O–H groups in total. The number of halogens is 1. The van der Waals surface area contributed by atoms with Crippen molar-refractivity contribution in [2.45, 2.75) is 0 Å². The number of aromatic nitrogens is 1. The number of hydrogen-bond acceptors (Lipinski definition) is 4. The number of methoxy groups -OCH3 is 1. The minimum absolute atomic E-state index is 0.159. The summed E-state index contributed by atoms with van der Waals surface area (Å²) in [6.45, 7) is 0. The normalized spacial score (nSPS) is 9.89. The van der Waals surface area contributed by atoms with Crippen LogP contribution in [0.1, 0.15) is 10.4 Å². The highest BCUT2D eigenvalue weighted by Crippen LogP contribution is 2.30. The van der Waals surface area contributed by atoms with Gasteiger partial charge in [0, 0.05) is 12.4 Å². The quantitative estimate of drug-likeness (QED) is 0.617. The average molecular weight is 247 g/mol. The van der Waals surface area contributed by atoms with E-state index in [4.69, 9.17) is 9.47 Å². The molecule has 4 nitrogen and oxygen atoms in total. The SMILES string of the molecule is COc1cccc(F)c1OC(=O)c1cccnc1. The summed E-state index contributed by atoms with van der Waals surface area (Å²) >= 11 is 0. The number of para-hydroxylation sites is 1. The number of esters is 1. The maximum absolute atomic E-state index is 13.5. The summed E-state index contributed by atoms with van der Waals surface area (Å²) in [4.78, 5) is 15.5. The highest BCUT2D eigenvalue weighted by Gasteiger charge is 2.16. The molecular formula is C13H10FNO3. The van der Waals surface area contributed by atoms with E-state index in [-0.39, 0.29) is 17.1 Å². The second-order valence-corrected chi connectivity index (χ2v) is 3.40. The van der Waals surface area contributed by atoms with Gasteiger partial charge in [0.1, 0.15) is 0 Å². The summed E-state index contributed by atoms with van der Waals surface area (Å²) in [7, 11) is 1.37. The van der Waals surface area contributed by atoms with E-state index in [0.717, 1.165) is 0 Å². The van der Waals surface area contributed by atoms with Crippen LogP contribution in [0.4, 0.5) is 4.39 Å². The van der Waals surface area contributed by atoms with Crippen molar-refractivity contribution in [3.05, 3.63) is 54.1 Å². The van der Waals surface area contributed by atoms with E-state index in [1.165, 1.54) is 43.8 Å². The molecule has 0 spiro atoms. The van der Waals surface area contributed by atoms with E-state index >= 15 is 0 Å². The van der Waals surface area contributed by atoms with E-state index in [2.05, 4.69) is 4.98 Å². The molecule has 1 aromatic carbocycles. The van der Waals surface area contributed by atoms with Crippen LogP contribution in [0.25, 0.3) is 0 Å². The van der Waals surface area contributed by atoms with Crippen molar-refractivity contribution in [2.24, 2.45) is 0 Å². The van der Waals surface area contributed by atoms with Gasteiger partial charge in [-0.2, -0.15) is 0 Å². The van der Waals surface area contributed by atoms with Gasteiger partial charge in [-0.25, -0.2) is 9.18 Å². The Balaban J connectivity index is 2.27. The van der Waals surface area contributed by atoms with Crippen molar-refractivity contribution >= 4 is 5.97 Å². The summed E-state index contributed by atoms with van der Waals surface area (Å²) in [5.41, 5.74) is 0.239. The predicted molar refractivity (Wildman–Crippen MR) is 62.1 cm³/mol. The Morgan fingerprint density at radius 3 is 2.78 bits per heavy atom. The maximum atomic E-state index is 13.5. The van der Waals surface area contributed by atoms with Crippen LogP contribution in [0.5, 0.6) is 11.5 Å². The van der Waals surface area contributed by atoms with Gasteiger partial charge in [0.05, 0.1) is 12.7 Å². The van der Waals surface area contributed by atoms with Crippen molar-refractivity contribution in [2.75, 3.05) is 7.11 Å². The molecular weight excluding hydrogens is 237 g/mol. The zero-order chi connectivity index (χ0) is 13.0. The summed E-state index contributed by atoms with van der Waals surface area (Å²) in [5, 5.41) is 0. The summed E-state index contributed by atoms with van der Waals surface area (Å²) in [5.74, 6) is -1.42. The summed E-state index contributed by atoms with van der Waals surface area (Å²) in [6, 6.07) is 7.29. The lowest BCUT2D eigenvalue weighted by molar-refractivity contribution is 0.0722. The van der Waals surface area contributed by atoms with Crippen LogP contribution in [0.2, 0.25) is 0 Å². The molecule has 18 heavy (non-hydrogen) atoms. The van der Waals surface area contributed by atoms with Crippen LogP contribution in [0.3, 0.4) is 0 Å². The molecule has 0 aliphatic carbocycles. The van der Waals surface area contributed by atoms with Gasteiger partial charge in [0.15, 0.2) is 11.6 Å². The molecule has 92 valence electrons. The van der Waals surface area contributed by atoms with E-state index in [1.54, 1.807) is 6.07 Å². The Morgan fingerprint density at radius 1 is 1.28 bits per heavy atom. The molecule has 0 saturated carbocycles. The number of carbonyl (C=O) groups excluding carboxylic acids is 1. The third-order valence-corrected chi connectivity index (χ3v) is 2.24. The molecule has 0 radical (unpaired) electrons. The van der Waals surface area contributed by atoms with Crippen molar-refractivity contribution in [3.63, 3.8) is 0 Å². The molecule has 1 aromatic heterocycles. The van der Waals surface area contributed by atoms with Gasteiger partial charge in [-0.3, -0.25) is 4.98 Å². The van der Waals surface area contributed by atoms with E-state index in [0.29, 0.717) is 0 Å². The van der Waals surface area contributed by atoms with Gasteiger partial charge < -0.3 is 9.47 Å². The summed E-state index contributed by atoms with van der Waals surface area (Å²) in [6.07, 6.45) is 2.87. The Morgan fingerprint density at radius 2 is 2.11 bits per heavy atom. The van der Waals surface area contributed by atoms with Crippen molar-refractivity contribution in [1.82, 2.24) is 4.98 Å². The fraction of sp³-hybridized carbons (Fsp3) is 0.0769. The number of pyridine rings is 1. The molecule has 0 aliphatic heterocycles. The van der Waals surface area contributed by atoms with Gasteiger partial charge in [-0.1, -0.05) is 6.07 Å². The van der Waals surface area contributed by atoms with Crippen LogP contribution in [-0.2, 0) is 0 Å². The fourth-order valence-electron chi connectivity index (χ4n) is 1.38. The Labute approximate surface area is 103 Å². The van der Waals surface area contributed by atoms with Crippen molar-refractivity contribution in [1.29, 1.82) is 0 Å². The first-order valence-corrected chi connectivity index (χ1v) is 5.17. The third kappa shape index (κ3) is 2.45. The van der Waals surface area contributed by atoms with E-state index < -0.39 is 11.8 Å². The number of hydrogen-bond donors (Lipinski definition) is 0. The largest absolute Gasteiger partial charge is 0.493 e. The zero-order valence-corrected chi connectivity index (χ0v) is 9.59. The molecule has 0 fully saturated rings. The minimum atomic E-state index is -0.688. The summed E-state index contributed by atoms with van der Waals surface area (Å²) < 4.78 is 23.4. The first-order chi connectivity index (χ1) is 8.72. The molecule has 0 unspecified atom stereocenters. The predicted octanol–water partition coefficient (Wildman–Crippen LogP) is 2.45. The van der Waals surface area contributed by atoms with Crippen LogP contribution in [0.15, 0.2) is 42.7 Å². The average Bonchev–Trinajstić information content (AvgIpc) is 2.42. The van der Waals surface area contributed by atoms with Gasteiger partial charge >= 0.3 is 5.97 Å². The molecule has 2 rings (SSSR count). The van der Waals surface area contributed by atoms with Crippen LogP contribution < -0.4 is 9.47 Å². The number of carbonyl (C=O) groups is 1. The maximum Gasteiger partial charge on any atom is 0.345 e. The molecule has 5 heteroatoms. The van der Waals surface area contributed by atoms with Gasteiger partial charge in [-0.05, 0) is 24.3 Å². The molecule has 0 bridgehead atoms. The first-order valence-electron chi connectivity index (χ1n) is 5.17. The van der Waals surface area contributed by atoms with E-state index in [1.807, 2.05) is 0 Å². The second kappa shape index (κ2) is 5.27. The van der Waals surface area contributed by atoms with Gasteiger partial charge in [0.2, 0.25) is 5.75 Å². The zero-order valence-electron chi connectivity index (χ0n) is 9.59. The van der Waals surface area contributed by atoms with Crippen molar-refractivity contribution in [3.8, 4) is 11.5 Å². The molecule has 2 aromatic rings. The number of nitrogens with zero attached hydrogens (tertiary/aromatic N) is 1. The smallest absolute Gasteiger partial charge is 0.345 e. The molecule has 0 saturated heterocycles. The van der Waals surface area contributed by atoms with Crippen molar-refractivity contribution < 1.29 is 18.7 Å². The first kappa shape index (κ1) is 12.0. The van der Waals surface area contributed by atoms with Gasteiger partial charge in [0.25, 0.3) is 0 Å². The lowest BCUT2D eigenvalue weighted by atomic mass is 10.3. The topological polar surface area (TPSA) is 48.4 Å². The third-order valence-electron chi connectivity index (χ3n) is 2.24. The standard InChI is InChI=1S/C13H10FNO3/c1-17-11-6-2-5-10(14)12(11)18-13(16)9-4-3-7-15-8-9/h2-8H,1H3. The van der Waals surface area contributed by atoms with Crippen LogP contribution in [0, 0.1) is 5.82 Å². The molecule has 0 aliphatic rings. The number of benzene rings is 1. The number of ether oxygens (including phenoxy) is 2. The lowest BCUT2D eigenvalue weighted by Gasteiger charge is -2.09. The monoisotopic (exact) mass is 247 g/mol. The fourth-order valence-corrected chi connectivity index (χ4v) is 1.38. The number of rotatable bonds is 3. The second-order valence-electron chi connectivity index (χ2n) is 3.40. The van der Waals surface area contributed by atoms with Crippen LogP contribution >= 0.6 is 0 Å². The highest BCUT2D eigenvalue weighted by atomic mass is 19.1. The molecule has 0 atom stereocenters. The Kier molecular flexibility index (Phi) is 3.52. The molecule has 0 amide bonds.